The van der Waals surface area contributed by atoms with Crippen LogP contribution in [0.1, 0.15) is 42.5 Å². The fourth-order valence-corrected chi connectivity index (χ4v) is 2.42. The second-order valence-electron chi connectivity index (χ2n) is 4.63. The van der Waals surface area contributed by atoms with E-state index in [4.69, 9.17) is 11.6 Å². The number of rotatable bonds is 8. The van der Waals surface area contributed by atoms with E-state index in [1.807, 2.05) is 0 Å². The zero-order valence-electron chi connectivity index (χ0n) is 12.0. The number of ether oxygens (including phenoxy) is 1. The van der Waals surface area contributed by atoms with Gasteiger partial charge in [-0.25, -0.2) is 0 Å². The summed E-state index contributed by atoms with van der Waals surface area (Å²) in [5, 5.41) is 3.53. The molecule has 1 rings (SSSR count). The summed E-state index contributed by atoms with van der Waals surface area (Å²) < 4.78 is 5.44. The molecule has 0 aliphatic rings. The van der Waals surface area contributed by atoms with E-state index in [-0.39, 0.29) is 11.9 Å². The van der Waals surface area contributed by atoms with Crippen molar-refractivity contribution >= 4 is 46.1 Å². The van der Waals surface area contributed by atoms with Crippen LogP contribution in [0.4, 0.5) is 0 Å². The van der Waals surface area contributed by atoms with Crippen LogP contribution in [0.5, 0.6) is 0 Å². The number of amides is 1. The van der Waals surface area contributed by atoms with Crippen molar-refractivity contribution in [3.05, 3.63) is 32.4 Å². The fraction of sp³-hybridized carbons (Fsp3) is 0.467. The van der Waals surface area contributed by atoms with Gasteiger partial charge in [0, 0.05) is 22.1 Å². The highest BCUT2D eigenvalue weighted by atomic mass is 127. The summed E-state index contributed by atoms with van der Waals surface area (Å²) >= 11 is 8.02. The molecule has 21 heavy (non-hydrogen) atoms. The lowest BCUT2D eigenvalue weighted by atomic mass is 10.1. The van der Waals surface area contributed by atoms with Gasteiger partial charge in [-0.3, -0.25) is 9.59 Å². The first-order chi connectivity index (χ1) is 10.0. The van der Waals surface area contributed by atoms with Gasteiger partial charge in [-0.2, -0.15) is 0 Å². The van der Waals surface area contributed by atoms with E-state index in [1.165, 1.54) is 7.11 Å². The molecule has 1 aromatic rings. The van der Waals surface area contributed by atoms with Crippen molar-refractivity contribution in [3.8, 4) is 0 Å². The Balaban J connectivity index is 2.16. The van der Waals surface area contributed by atoms with Crippen LogP contribution in [0.2, 0.25) is 5.02 Å². The maximum absolute atomic E-state index is 11.9. The van der Waals surface area contributed by atoms with Gasteiger partial charge in [0.25, 0.3) is 5.91 Å². The molecular formula is C15H19ClINO3. The lowest BCUT2D eigenvalue weighted by molar-refractivity contribution is -0.140. The second kappa shape index (κ2) is 10.00. The van der Waals surface area contributed by atoms with Crippen molar-refractivity contribution in [2.24, 2.45) is 0 Å². The minimum Gasteiger partial charge on any atom is -0.469 e. The van der Waals surface area contributed by atoms with Gasteiger partial charge in [0.15, 0.2) is 0 Å². The first kappa shape index (κ1) is 18.2. The molecule has 0 saturated carbocycles. The average molecular weight is 424 g/mol. The number of carbonyl (C=O) groups is 2. The molecule has 0 aliphatic carbocycles. The third-order valence-corrected chi connectivity index (χ3v) is 4.54. The van der Waals surface area contributed by atoms with Gasteiger partial charge in [-0.15, -0.1) is 0 Å². The third kappa shape index (κ3) is 7.13. The van der Waals surface area contributed by atoms with E-state index in [1.54, 1.807) is 18.2 Å². The summed E-state index contributed by atoms with van der Waals surface area (Å²) in [4.78, 5) is 22.8. The highest BCUT2D eigenvalue weighted by Crippen LogP contribution is 2.19. The molecule has 0 unspecified atom stereocenters. The summed E-state index contributed by atoms with van der Waals surface area (Å²) in [5.74, 6) is -0.250. The van der Waals surface area contributed by atoms with Crippen LogP contribution in [0.3, 0.4) is 0 Å². The van der Waals surface area contributed by atoms with Crippen molar-refractivity contribution < 1.29 is 14.3 Å². The molecule has 1 N–H and O–H groups in total. The minimum absolute atomic E-state index is 0.0841. The highest BCUT2D eigenvalue weighted by molar-refractivity contribution is 14.1. The number of hydrogen-bond acceptors (Lipinski definition) is 3. The number of unbranched alkanes of at least 4 members (excludes halogenated alkanes) is 3. The first-order valence-corrected chi connectivity index (χ1v) is 8.30. The molecule has 0 aromatic heterocycles. The average Bonchev–Trinajstić information content (AvgIpc) is 2.48. The van der Waals surface area contributed by atoms with Gasteiger partial charge in [-0.05, 0) is 53.6 Å². The molecule has 0 bridgehead atoms. The molecule has 0 spiro atoms. The monoisotopic (exact) mass is 423 g/mol. The maximum Gasteiger partial charge on any atom is 0.305 e. The Morgan fingerprint density at radius 2 is 1.95 bits per heavy atom. The Morgan fingerprint density at radius 1 is 1.24 bits per heavy atom. The maximum atomic E-state index is 11.9. The molecule has 0 radical (unpaired) electrons. The zero-order valence-corrected chi connectivity index (χ0v) is 14.9. The summed E-state index contributed by atoms with van der Waals surface area (Å²) in [6.07, 6.45) is 4.14. The summed E-state index contributed by atoms with van der Waals surface area (Å²) in [6.45, 7) is 0.635. The van der Waals surface area contributed by atoms with Gasteiger partial charge >= 0.3 is 5.97 Å². The van der Waals surface area contributed by atoms with Crippen LogP contribution in [0.15, 0.2) is 18.2 Å². The summed E-state index contributed by atoms with van der Waals surface area (Å²) in [6, 6.07) is 5.22. The van der Waals surface area contributed by atoms with Crippen molar-refractivity contribution in [2.75, 3.05) is 13.7 Å². The molecule has 1 aromatic carbocycles. The van der Waals surface area contributed by atoms with E-state index >= 15 is 0 Å². The van der Waals surface area contributed by atoms with E-state index in [2.05, 4.69) is 32.6 Å². The van der Waals surface area contributed by atoms with Crippen LogP contribution >= 0.6 is 34.2 Å². The quantitative estimate of drug-likeness (QED) is 0.393. The zero-order chi connectivity index (χ0) is 15.7. The molecule has 1 amide bonds. The van der Waals surface area contributed by atoms with E-state index in [9.17, 15) is 9.59 Å². The third-order valence-electron chi connectivity index (χ3n) is 3.00. The Kier molecular flexibility index (Phi) is 8.68. The number of hydrogen-bond donors (Lipinski definition) is 1. The fourth-order valence-electron chi connectivity index (χ4n) is 1.79. The molecular weight excluding hydrogens is 405 g/mol. The normalized spacial score (nSPS) is 10.2. The molecule has 0 fully saturated rings. The Bertz CT molecular complexity index is 494. The first-order valence-electron chi connectivity index (χ1n) is 6.84. The molecule has 0 heterocycles. The number of carbonyl (C=O) groups excluding carboxylic acids is 2. The van der Waals surface area contributed by atoms with E-state index < -0.39 is 0 Å². The Labute approximate surface area is 143 Å². The smallest absolute Gasteiger partial charge is 0.305 e. The molecule has 0 aliphatic heterocycles. The molecule has 6 heteroatoms. The summed E-state index contributed by atoms with van der Waals surface area (Å²) in [5.41, 5.74) is 0.620. The van der Waals surface area contributed by atoms with Crippen molar-refractivity contribution in [1.82, 2.24) is 5.32 Å². The SMILES string of the molecule is COC(=O)CCCCCCNC(=O)c1ccc(Cl)c(I)c1. The lowest BCUT2D eigenvalue weighted by Gasteiger charge is -2.06. The van der Waals surface area contributed by atoms with Crippen molar-refractivity contribution in [3.63, 3.8) is 0 Å². The number of methoxy groups -OCH3 is 1. The van der Waals surface area contributed by atoms with Crippen LogP contribution in [-0.4, -0.2) is 25.5 Å². The standard InChI is InChI=1S/C15H19ClINO3/c1-21-14(19)6-4-2-3-5-9-18-15(20)11-7-8-12(16)13(17)10-11/h7-8,10H,2-6,9H2,1H3,(H,18,20). The largest absolute Gasteiger partial charge is 0.469 e. The number of benzene rings is 1. The predicted octanol–water partition coefficient (Wildman–Crippen LogP) is 3.80. The van der Waals surface area contributed by atoms with E-state index in [0.717, 1.165) is 29.3 Å². The molecule has 4 nitrogen and oxygen atoms in total. The number of nitrogens with one attached hydrogen (secondary N) is 1. The van der Waals surface area contributed by atoms with Crippen LogP contribution in [0, 0.1) is 3.57 Å². The van der Waals surface area contributed by atoms with Gasteiger partial charge in [0.2, 0.25) is 0 Å². The summed E-state index contributed by atoms with van der Waals surface area (Å²) in [7, 11) is 1.40. The number of esters is 1. The highest BCUT2D eigenvalue weighted by Gasteiger charge is 2.07. The molecule has 116 valence electrons. The van der Waals surface area contributed by atoms with Gasteiger partial charge in [0.05, 0.1) is 12.1 Å². The Morgan fingerprint density at radius 3 is 2.62 bits per heavy atom. The van der Waals surface area contributed by atoms with Gasteiger partial charge < -0.3 is 10.1 Å². The minimum atomic E-state index is -0.166. The number of halogens is 2. The van der Waals surface area contributed by atoms with Crippen molar-refractivity contribution in [2.45, 2.75) is 32.1 Å². The second-order valence-corrected chi connectivity index (χ2v) is 6.19. The predicted molar refractivity (Wildman–Crippen MR) is 91.6 cm³/mol. The lowest BCUT2D eigenvalue weighted by Crippen LogP contribution is -2.24. The van der Waals surface area contributed by atoms with Gasteiger partial charge in [0.1, 0.15) is 0 Å². The molecule has 0 atom stereocenters. The van der Waals surface area contributed by atoms with Crippen LogP contribution in [0.25, 0.3) is 0 Å². The van der Waals surface area contributed by atoms with Crippen LogP contribution < -0.4 is 5.32 Å². The molecule has 0 saturated heterocycles. The Hall–Kier alpha value is -0.820. The van der Waals surface area contributed by atoms with E-state index in [0.29, 0.717) is 23.6 Å². The van der Waals surface area contributed by atoms with Crippen molar-refractivity contribution in [1.29, 1.82) is 0 Å². The van der Waals surface area contributed by atoms with Crippen LogP contribution in [-0.2, 0) is 9.53 Å². The van der Waals surface area contributed by atoms with Gasteiger partial charge in [-0.1, -0.05) is 24.4 Å². The topological polar surface area (TPSA) is 55.4 Å².